The van der Waals surface area contributed by atoms with E-state index in [2.05, 4.69) is 86.3 Å². The zero-order valence-electron chi connectivity index (χ0n) is 16.7. The second-order valence-electron chi connectivity index (χ2n) is 7.52. The lowest BCUT2D eigenvalue weighted by Crippen LogP contribution is -2.31. The third-order valence-corrected chi connectivity index (χ3v) is 5.81. The number of fused-ring (bicyclic) bond motifs is 3. The van der Waals surface area contributed by atoms with Gasteiger partial charge in [-0.3, -0.25) is 0 Å². The summed E-state index contributed by atoms with van der Waals surface area (Å²) in [6.45, 7) is 3.60. The van der Waals surface area contributed by atoms with Gasteiger partial charge in [0.25, 0.3) is 0 Å². The molecule has 30 heavy (non-hydrogen) atoms. The van der Waals surface area contributed by atoms with E-state index in [0.29, 0.717) is 5.15 Å². The van der Waals surface area contributed by atoms with Gasteiger partial charge in [0, 0.05) is 30.7 Å². The molecule has 0 amide bonds. The maximum atomic E-state index is 6.58. The maximum Gasteiger partial charge on any atom is 0.158 e. The van der Waals surface area contributed by atoms with Gasteiger partial charge in [-0.15, -0.1) is 0 Å². The number of hydrogen-bond donors (Lipinski definition) is 1. The van der Waals surface area contributed by atoms with Crippen molar-refractivity contribution in [3.63, 3.8) is 0 Å². The number of anilines is 2. The average molecular weight is 416 g/mol. The van der Waals surface area contributed by atoms with Crippen LogP contribution in [0.15, 0.2) is 79.3 Å². The molecule has 5 nitrogen and oxygen atoms in total. The Kier molecular flexibility index (Phi) is 4.89. The number of nitrogens with zero attached hydrogens (tertiary/aromatic N) is 4. The molecule has 4 aromatic rings. The summed E-state index contributed by atoms with van der Waals surface area (Å²) in [7, 11) is 0. The molecule has 1 N–H and O–H groups in total. The summed E-state index contributed by atoms with van der Waals surface area (Å²) in [5.74, 6) is 0.838. The molecule has 0 radical (unpaired) electrons. The van der Waals surface area contributed by atoms with E-state index in [1.807, 2.05) is 18.3 Å². The van der Waals surface area contributed by atoms with Crippen LogP contribution in [0, 0.1) is 6.92 Å². The molecule has 2 aromatic heterocycles. The van der Waals surface area contributed by atoms with Crippen LogP contribution in [-0.4, -0.2) is 21.1 Å². The number of hydrogen-bond acceptors (Lipinski definition) is 4. The topological polar surface area (TPSA) is 46.0 Å². The van der Waals surface area contributed by atoms with Crippen molar-refractivity contribution in [3.05, 3.63) is 101 Å². The minimum atomic E-state index is 0.0510. The van der Waals surface area contributed by atoms with Crippen molar-refractivity contribution in [1.82, 2.24) is 14.5 Å². The SMILES string of the molecule is Cc1ccccc1NC1CN(Cc2ccccc2)c2ncnc(Cl)c2-n2cccc21. The first-order valence-electron chi connectivity index (χ1n) is 10.00. The molecular formula is C24H22ClN5. The summed E-state index contributed by atoms with van der Waals surface area (Å²) >= 11 is 6.58. The Morgan fingerprint density at radius 3 is 2.63 bits per heavy atom. The van der Waals surface area contributed by atoms with Gasteiger partial charge in [0.1, 0.15) is 12.0 Å². The fourth-order valence-corrected chi connectivity index (χ4v) is 4.27. The first-order valence-corrected chi connectivity index (χ1v) is 10.4. The van der Waals surface area contributed by atoms with Crippen LogP contribution in [0.1, 0.15) is 22.9 Å². The number of aromatic nitrogens is 3. The van der Waals surface area contributed by atoms with Crippen molar-refractivity contribution in [1.29, 1.82) is 0 Å². The fourth-order valence-electron chi connectivity index (χ4n) is 4.05. The minimum Gasteiger partial charge on any atom is -0.375 e. The van der Waals surface area contributed by atoms with E-state index in [1.54, 1.807) is 0 Å². The Hall–Kier alpha value is -3.31. The Bertz CT molecular complexity index is 1170. The van der Waals surface area contributed by atoms with Crippen LogP contribution in [0.4, 0.5) is 11.5 Å². The van der Waals surface area contributed by atoms with E-state index < -0.39 is 0 Å². The van der Waals surface area contributed by atoms with Crippen LogP contribution >= 0.6 is 11.6 Å². The summed E-state index contributed by atoms with van der Waals surface area (Å²) in [6, 6.07) is 23.0. The molecule has 5 rings (SSSR count). The molecule has 150 valence electrons. The quantitative estimate of drug-likeness (QED) is 0.453. The number of halogens is 1. The highest BCUT2D eigenvalue weighted by Gasteiger charge is 2.29. The number of benzene rings is 2. The van der Waals surface area contributed by atoms with Crippen LogP contribution in [0.2, 0.25) is 5.15 Å². The van der Waals surface area contributed by atoms with Crippen molar-refractivity contribution in [2.75, 3.05) is 16.8 Å². The Balaban J connectivity index is 1.61. The normalized spacial score (nSPS) is 15.3. The predicted molar refractivity (Wildman–Crippen MR) is 121 cm³/mol. The summed E-state index contributed by atoms with van der Waals surface area (Å²) < 4.78 is 2.11. The third kappa shape index (κ3) is 3.42. The maximum absolute atomic E-state index is 6.58. The number of aryl methyl sites for hydroxylation is 1. The van der Waals surface area contributed by atoms with E-state index in [0.717, 1.165) is 36.0 Å². The van der Waals surface area contributed by atoms with Crippen molar-refractivity contribution in [2.45, 2.75) is 19.5 Å². The second kappa shape index (κ2) is 7.84. The number of para-hydroxylation sites is 1. The molecule has 1 atom stereocenters. The largest absolute Gasteiger partial charge is 0.375 e. The Morgan fingerprint density at radius 2 is 1.80 bits per heavy atom. The van der Waals surface area contributed by atoms with Crippen molar-refractivity contribution in [2.24, 2.45) is 0 Å². The molecule has 0 saturated heterocycles. The molecule has 1 aliphatic rings. The van der Waals surface area contributed by atoms with Gasteiger partial charge >= 0.3 is 0 Å². The molecule has 2 aromatic carbocycles. The van der Waals surface area contributed by atoms with Crippen LogP contribution in [0.3, 0.4) is 0 Å². The van der Waals surface area contributed by atoms with Crippen molar-refractivity contribution < 1.29 is 0 Å². The van der Waals surface area contributed by atoms with Crippen LogP contribution in [0.5, 0.6) is 0 Å². The molecule has 0 saturated carbocycles. The fraction of sp³-hybridized carbons (Fsp3) is 0.167. The third-order valence-electron chi connectivity index (χ3n) is 5.53. The molecule has 1 unspecified atom stereocenters. The van der Waals surface area contributed by atoms with Crippen LogP contribution in [0.25, 0.3) is 5.69 Å². The molecule has 6 heteroatoms. The number of nitrogens with one attached hydrogen (secondary N) is 1. The van der Waals surface area contributed by atoms with Gasteiger partial charge in [0.15, 0.2) is 11.0 Å². The first kappa shape index (κ1) is 18.7. The smallest absolute Gasteiger partial charge is 0.158 e. The standard InChI is InChI=1S/C24H22ClN5/c1-17-8-5-6-11-19(17)28-20-15-29(14-18-9-3-2-4-10-18)24-22(23(25)26-16-27-24)30-13-7-12-21(20)30/h2-13,16,20,28H,14-15H2,1H3. The van der Waals surface area contributed by atoms with E-state index in [9.17, 15) is 0 Å². The van der Waals surface area contributed by atoms with E-state index in [-0.39, 0.29) is 6.04 Å². The van der Waals surface area contributed by atoms with Gasteiger partial charge in [-0.25, -0.2) is 9.97 Å². The van der Waals surface area contributed by atoms with E-state index in [4.69, 9.17) is 11.6 Å². The Morgan fingerprint density at radius 1 is 1.00 bits per heavy atom. The monoisotopic (exact) mass is 415 g/mol. The van der Waals surface area contributed by atoms with Gasteiger partial charge in [-0.05, 0) is 36.2 Å². The highest BCUT2D eigenvalue weighted by Crippen LogP contribution is 2.37. The highest BCUT2D eigenvalue weighted by molar-refractivity contribution is 6.31. The molecular weight excluding hydrogens is 394 g/mol. The van der Waals surface area contributed by atoms with Gasteiger partial charge < -0.3 is 14.8 Å². The zero-order chi connectivity index (χ0) is 20.5. The van der Waals surface area contributed by atoms with E-state index >= 15 is 0 Å². The molecule has 0 spiro atoms. The van der Waals surface area contributed by atoms with E-state index in [1.165, 1.54) is 17.5 Å². The lowest BCUT2D eigenvalue weighted by molar-refractivity contribution is 0.685. The van der Waals surface area contributed by atoms with Crippen molar-refractivity contribution in [3.8, 4) is 5.69 Å². The summed E-state index contributed by atoms with van der Waals surface area (Å²) in [5.41, 5.74) is 5.51. The second-order valence-corrected chi connectivity index (χ2v) is 7.88. The lowest BCUT2D eigenvalue weighted by Gasteiger charge is -2.28. The van der Waals surface area contributed by atoms with Gasteiger partial charge in [-0.1, -0.05) is 60.1 Å². The molecule has 1 aliphatic heterocycles. The zero-order valence-corrected chi connectivity index (χ0v) is 17.4. The number of rotatable bonds is 4. The average Bonchev–Trinajstić information content (AvgIpc) is 3.20. The van der Waals surface area contributed by atoms with Gasteiger partial charge in [0.2, 0.25) is 0 Å². The molecule has 0 aliphatic carbocycles. The molecule has 3 heterocycles. The predicted octanol–water partition coefficient (Wildman–Crippen LogP) is 5.40. The van der Waals surface area contributed by atoms with Crippen LogP contribution < -0.4 is 10.2 Å². The van der Waals surface area contributed by atoms with Gasteiger partial charge in [0.05, 0.1) is 6.04 Å². The van der Waals surface area contributed by atoms with Crippen molar-refractivity contribution >= 4 is 23.1 Å². The first-order chi connectivity index (χ1) is 14.7. The Labute approximate surface area is 181 Å². The highest BCUT2D eigenvalue weighted by atomic mass is 35.5. The van der Waals surface area contributed by atoms with Crippen LogP contribution in [-0.2, 0) is 6.54 Å². The van der Waals surface area contributed by atoms with Gasteiger partial charge in [-0.2, -0.15) is 0 Å². The molecule has 0 bridgehead atoms. The summed E-state index contributed by atoms with van der Waals surface area (Å²) in [4.78, 5) is 11.2. The summed E-state index contributed by atoms with van der Waals surface area (Å²) in [5, 5.41) is 4.20. The molecule has 0 fully saturated rings. The lowest BCUT2D eigenvalue weighted by atomic mass is 10.1. The minimum absolute atomic E-state index is 0.0510. The summed E-state index contributed by atoms with van der Waals surface area (Å²) in [6.07, 6.45) is 3.57.